The standard InChI is InChI=1S/C18H31ClN2/c1-13(2)11-20-12-15-10-16(19)8-9-17(15)21(7)14(3)18(4,5)6/h8-10,13-14,20H,11-12H2,1-7H3. The first kappa shape index (κ1) is 18.3. The van der Waals surface area contributed by atoms with E-state index in [0.717, 1.165) is 18.1 Å². The molecule has 0 aliphatic heterocycles. The lowest BCUT2D eigenvalue weighted by molar-refractivity contribution is 0.329. The van der Waals surface area contributed by atoms with E-state index in [1.165, 1.54) is 11.3 Å². The Labute approximate surface area is 135 Å². The van der Waals surface area contributed by atoms with Crippen LogP contribution in [0, 0.1) is 11.3 Å². The van der Waals surface area contributed by atoms with Gasteiger partial charge in [-0.15, -0.1) is 0 Å². The van der Waals surface area contributed by atoms with E-state index in [9.17, 15) is 0 Å². The smallest absolute Gasteiger partial charge is 0.0412 e. The summed E-state index contributed by atoms with van der Waals surface area (Å²) in [7, 11) is 2.17. The molecule has 0 aliphatic carbocycles. The summed E-state index contributed by atoms with van der Waals surface area (Å²) in [5.41, 5.74) is 2.76. The number of nitrogens with one attached hydrogen (secondary N) is 1. The van der Waals surface area contributed by atoms with Crippen molar-refractivity contribution >= 4 is 17.3 Å². The van der Waals surface area contributed by atoms with Crippen molar-refractivity contribution < 1.29 is 0 Å². The van der Waals surface area contributed by atoms with Crippen LogP contribution in [0.2, 0.25) is 5.02 Å². The van der Waals surface area contributed by atoms with Gasteiger partial charge in [0.25, 0.3) is 0 Å². The highest BCUT2D eigenvalue weighted by Gasteiger charge is 2.25. The van der Waals surface area contributed by atoms with Crippen molar-refractivity contribution in [2.75, 3.05) is 18.5 Å². The van der Waals surface area contributed by atoms with Crippen LogP contribution >= 0.6 is 11.6 Å². The van der Waals surface area contributed by atoms with E-state index in [-0.39, 0.29) is 5.41 Å². The highest BCUT2D eigenvalue weighted by Crippen LogP contribution is 2.30. The number of rotatable bonds is 6. The van der Waals surface area contributed by atoms with Gasteiger partial charge in [0.15, 0.2) is 0 Å². The van der Waals surface area contributed by atoms with E-state index in [4.69, 9.17) is 11.6 Å². The van der Waals surface area contributed by atoms with Crippen molar-refractivity contribution in [3.05, 3.63) is 28.8 Å². The Bertz CT molecular complexity index is 449. The molecule has 3 heteroatoms. The molecule has 1 unspecified atom stereocenters. The van der Waals surface area contributed by atoms with Crippen LogP contribution in [0.5, 0.6) is 0 Å². The van der Waals surface area contributed by atoms with E-state index in [1.54, 1.807) is 0 Å². The molecule has 1 aromatic rings. The predicted molar refractivity (Wildman–Crippen MR) is 95.3 cm³/mol. The normalized spacial score (nSPS) is 13.6. The number of hydrogen-bond donors (Lipinski definition) is 1. The Balaban J connectivity index is 2.95. The highest BCUT2D eigenvalue weighted by molar-refractivity contribution is 6.30. The van der Waals surface area contributed by atoms with Gasteiger partial charge in [0.2, 0.25) is 0 Å². The first-order chi connectivity index (χ1) is 9.62. The minimum atomic E-state index is 0.233. The molecule has 1 rings (SSSR count). The van der Waals surface area contributed by atoms with Crippen molar-refractivity contribution in [1.29, 1.82) is 0 Å². The Morgan fingerprint density at radius 2 is 1.81 bits per heavy atom. The van der Waals surface area contributed by atoms with Gasteiger partial charge in [-0.25, -0.2) is 0 Å². The third-order valence-electron chi connectivity index (χ3n) is 4.12. The molecule has 1 aromatic carbocycles. The van der Waals surface area contributed by atoms with Crippen LogP contribution in [0.1, 0.15) is 47.1 Å². The van der Waals surface area contributed by atoms with Gasteiger partial charge in [0.05, 0.1) is 0 Å². The van der Waals surface area contributed by atoms with Crippen molar-refractivity contribution in [3.63, 3.8) is 0 Å². The Kier molecular flexibility index (Phi) is 6.55. The van der Waals surface area contributed by atoms with Crippen LogP contribution in [0.3, 0.4) is 0 Å². The molecule has 0 heterocycles. The lowest BCUT2D eigenvalue weighted by Gasteiger charge is -2.38. The van der Waals surface area contributed by atoms with Crippen LogP contribution in [0.4, 0.5) is 5.69 Å². The summed E-state index contributed by atoms with van der Waals surface area (Å²) in [4.78, 5) is 2.36. The van der Waals surface area contributed by atoms with Crippen molar-refractivity contribution in [3.8, 4) is 0 Å². The number of hydrogen-bond acceptors (Lipinski definition) is 2. The quantitative estimate of drug-likeness (QED) is 0.799. The molecule has 0 bridgehead atoms. The fourth-order valence-corrected chi connectivity index (χ4v) is 2.52. The minimum absolute atomic E-state index is 0.233. The van der Waals surface area contributed by atoms with E-state index in [2.05, 4.69) is 70.9 Å². The molecule has 21 heavy (non-hydrogen) atoms. The monoisotopic (exact) mass is 310 g/mol. The van der Waals surface area contributed by atoms with Gasteiger partial charge in [-0.3, -0.25) is 0 Å². The third kappa shape index (κ3) is 5.52. The molecule has 0 spiro atoms. The van der Waals surface area contributed by atoms with Gasteiger partial charge in [0, 0.05) is 30.3 Å². The van der Waals surface area contributed by atoms with Crippen LogP contribution in [0.25, 0.3) is 0 Å². The van der Waals surface area contributed by atoms with Gasteiger partial charge >= 0.3 is 0 Å². The van der Waals surface area contributed by atoms with Crippen molar-refractivity contribution in [1.82, 2.24) is 5.32 Å². The largest absolute Gasteiger partial charge is 0.371 e. The fourth-order valence-electron chi connectivity index (χ4n) is 2.32. The van der Waals surface area contributed by atoms with E-state index < -0.39 is 0 Å². The van der Waals surface area contributed by atoms with Gasteiger partial charge in [-0.1, -0.05) is 46.2 Å². The average Bonchev–Trinajstić information content (AvgIpc) is 2.35. The topological polar surface area (TPSA) is 15.3 Å². The van der Waals surface area contributed by atoms with Crippen LogP contribution < -0.4 is 10.2 Å². The van der Waals surface area contributed by atoms with Crippen LogP contribution in [0.15, 0.2) is 18.2 Å². The van der Waals surface area contributed by atoms with Crippen molar-refractivity contribution in [2.24, 2.45) is 11.3 Å². The van der Waals surface area contributed by atoms with E-state index >= 15 is 0 Å². The van der Waals surface area contributed by atoms with Gasteiger partial charge in [-0.2, -0.15) is 0 Å². The second kappa shape index (κ2) is 7.51. The molecule has 2 nitrogen and oxygen atoms in total. The Morgan fingerprint density at radius 1 is 1.19 bits per heavy atom. The second-order valence-corrected chi connectivity index (χ2v) is 7.89. The van der Waals surface area contributed by atoms with Crippen molar-refractivity contribution in [2.45, 2.75) is 54.1 Å². The number of anilines is 1. The molecule has 0 amide bonds. The number of halogens is 1. The SMILES string of the molecule is CC(C)CNCc1cc(Cl)ccc1N(C)C(C)C(C)(C)C. The molecular formula is C18H31ClN2. The van der Waals surface area contributed by atoms with Gasteiger partial charge < -0.3 is 10.2 Å². The Hall–Kier alpha value is -0.730. The summed E-state index contributed by atoms with van der Waals surface area (Å²) in [6.07, 6.45) is 0. The lowest BCUT2D eigenvalue weighted by Crippen LogP contribution is -2.40. The zero-order chi connectivity index (χ0) is 16.2. The first-order valence-corrected chi connectivity index (χ1v) is 8.22. The molecular weight excluding hydrogens is 280 g/mol. The van der Waals surface area contributed by atoms with Crippen LogP contribution in [-0.4, -0.2) is 19.6 Å². The summed E-state index contributed by atoms with van der Waals surface area (Å²) in [5.74, 6) is 0.652. The number of benzene rings is 1. The Morgan fingerprint density at radius 3 is 2.33 bits per heavy atom. The minimum Gasteiger partial charge on any atom is -0.371 e. The second-order valence-electron chi connectivity index (χ2n) is 7.45. The highest BCUT2D eigenvalue weighted by atomic mass is 35.5. The van der Waals surface area contributed by atoms with Gasteiger partial charge in [0.1, 0.15) is 0 Å². The lowest BCUT2D eigenvalue weighted by atomic mass is 9.86. The number of nitrogens with zero attached hydrogens (tertiary/aromatic N) is 1. The fraction of sp³-hybridized carbons (Fsp3) is 0.667. The summed E-state index contributed by atoms with van der Waals surface area (Å²) in [5, 5.41) is 4.32. The van der Waals surface area contributed by atoms with E-state index in [1.807, 2.05) is 6.07 Å². The molecule has 0 aromatic heterocycles. The summed E-state index contributed by atoms with van der Waals surface area (Å²) < 4.78 is 0. The molecule has 0 fully saturated rings. The summed E-state index contributed by atoms with van der Waals surface area (Å²) in [6.45, 7) is 15.4. The maximum Gasteiger partial charge on any atom is 0.0412 e. The molecule has 1 N–H and O–H groups in total. The maximum absolute atomic E-state index is 6.19. The molecule has 1 atom stereocenters. The van der Waals surface area contributed by atoms with E-state index in [0.29, 0.717) is 12.0 Å². The van der Waals surface area contributed by atoms with Gasteiger partial charge in [-0.05, 0) is 48.6 Å². The first-order valence-electron chi connectivity index (χ1n) is 7.85. The molecule has 120 valence electrons. The third-order valence-corrected chi connectivity index (χ3v) is 4.36. The zero-order valence-corrected chi connectivity index (χ0v) is 15.4. The average molecular weight is 311 g/mol. The predicted octanol–water partition coefficient (Wildman–Crippen LogP) is 4.96. The summed E-state index contributed by atoms with van der Waals surface area (Å²) in [6, 6.07) is 6.64. The maximum atomic E-state index is 6.19. The molecule has 0 aliphatic rings. The zero-order valence-electron chi connectivity index (χ0n) is 14.6. The van der Waals surface area contributed by atoms with Crippen LogP contribution in [-0.2, 0) is 6.54 Å². The molecule has 0 radical (unpaired) electrons. The summed E-state index contributed by atoms with van der Waals surface area (Å²) >= 11 is 6.19. The molecule has 0 saturated carbocycles. The molecule has 0 saturated heterocycles.